The molecule has 0 unspecified atom stereocenters. The molecule has 2 aromatic carbocycles. The van der Waals surface area contributed by atoms with E-state index in [1.165, 1.54) is 12.1 Å². The molecule has 2 heterocycles. The van der Waals surface area contributed by atoms with Crippen molar-refractivity contribution in [3.63, 3.8) is 0 Å². The average molecular weight is 421 g/mol. The van der Waals surface area contributed by atoms with Crippen LogP contribution < -0.4 is 4.74 Å². The Morgan fingerprint density at radius 3 is 2.42 bits per heavy atom. The van der Waals surface area contributed by atoms with Crippen molar-refractivity contribution in [3.8, 4) is 5.75 Å². The van der Waals surface area contributed by atoms with Gasteiger partial charge in [0.25, 0.3) is 5.91 Å². The lowest BCUT2D eigenvalue weighted by Crippen LogP contribution is -2.48. The highest BCUT2D eigenvalue weighted by Gasteiger charge is 2.26. The molecule has 1 amide bonds. The summed E-state index contributed by atoms with van der Waals surface area (Å²) in [5.41, 5.74) is 2.27. The Labute approximate surface area is 179 Å². The first-order valence-electron chi connectivity index (χ1n) is 10.1. The second kappa shape index (κ2) is 9.44. The van der Waals surface area contributed by atoms with Crippen LogP contribution >= 0.6 is 0 Å². The van der Waals surface area contributed by atoms with Crippen LogP contribution in [0, 0.1) is 10.1 Å². The molecule has 0 saturated carbocycles. The van der Waals surface area contributed by atoms with Gasteiger partial charge in [0.2, 0.25) is 0 Å². The molecule has 31 heavy (non-hydrogen) atoms. The molecule has 0 radical (unpaired) electrons. The zero-order chi connectivity index (χ0) is 21.6. The molecule has 0 aliphatic carbocycles. The van der Waals surface area contributed by atoms with Gasteiger partial charge in [0.15, 0.2) is 5.76 Å². The highest BCUT2D eigenvalue weighted by Crippen LogP contribution is 2.20. The van der Waals surface area contributed by atoms with E-state index in [0.717, 1.165) is 23.4 Å². The lowest BCUT2D eigenvalue weighted by Gasteiger charge is -2.34. The van der Waals surface area contributed by atoms with Crippen LogP contribution in [0.5, 0.6) is 5.75 Å². The number of nitro groups is 1. The summed E-state index contributed by atoms with van der Waals surface area (Å²) in [6, 6.07) is 20.6. The molecule has 160 valence electrons. The van der Waals surface area contributed by atoms with E-state index in [1.54, 1.807) is 4.90 Å². The number of nitrogens with zero attached hydrogens (tertiary/aromatic N) is 3. The van der Waals surface area contributed by atoms with E-state index in [2.05, 4.69) is 11.0 Å². The lowest BCUT2D eigenvalue weighted by atomic mass is 10.2. The van der Waals surface area contributed by atoms with Crippen LogP contribution in [0.4, 0.5) is 5.88 Å². The molecule has 4 rings (SSSR count). The van der Waals surface area contributed by atoms with Gasteiger partial charge < -0.3 is 14.1 Å². The van der Waals surface area contributed by atoms with Crippen LogP contribution in [0.1, 0.15) is 21.7 Å². The molecule has 0 atom stereocenters. The van der Waals surface area contributed by atoms with Crippen molar-refractivity contribution in [1.82, 2.24) is 9.80 Å². The monoisotopic (exact) mass is 421 g/mol. The third-order valence-electron chi connectivity index (χ3n) is 5.19. The van der Waals surface area contributed by atoms with Gasteiger partial charge in [0, 0.05) is 32.7 Å². The summed E-state index contributed by atoms with van der Waals surface area (Å²) in [7, 11) is 0. The first kappa shape index (κ1) is 20.6. The fourth-order valence-electron chi connectivity index (χ4n) is 3.54. The molecule has 0 bridgehead atoms. The van der Waals surface area contributed by atoms with E-state index in [-0.39, 0.29) is 11.7 Å². The first-order valence-corrected chi connectivity index (χ1v) is 10.1. The van der Waals surface area contributed by atoms with E-state index < -0.39 is 10.8 Å². The van der Waals surface area contributed by atoms with E-state index in [9.17, 15) is 14.9 Å². The molecule has 3 aromatic rings. The van der Waals surface area contributed by atoms with Crippen molar-refractivity contribution in [2.75, 3.05) is 26.2 Å². The molecule has 1 aliphatic rings. The van der Waals surface area contributed by atoms with Crippen molar-refractivity contribution in [2.24, 2.45) is 0 Å². The number of carbonyl (C=O) groups excluding carboxylic acids is 1. The lowest BCUT2D eigenvalue weighted by molar-refractivity contribution is -0.402. The van der Waals surface area contributed by atoms with E-state index in [1.807, 2.05) is 48.5 Å². The average Bonchev–Trinajstić information content (AvgIpc) is 3.30. The van der Waals surface area contributed by atoms with Crippen LogP contribution in [-0.2, 0) is 13.2 Å². The molecule has 1 fully saturated rings. The van der Waals surface area contributed by atoms with Gasteiger partial charge in [-0.2, -0.15) is 0 Å². The summed E-state index contributed by atoms with van der Waals surface area (Å²) < 4.78 is 10.9. The number of amides is 1. The minimum Gasteiger partial charge on any atom is -0.489 e. The van der Waals surface area contributed by atoms with Gasteiger partial charge in [-0.15, -0.1) is 0 Å². The highest BCUT2D eigenvalue weighted by molar-refractivity contribution is 5.91. The molecule has 8 heteroatoms. The minimum atomic E-state index is -0.646. The number of rotatable bonds is 7. The summed E-state index contributed by atoms with van der Waals surface area (Å²) in [6.07, 6.45) is 0. The Kier molecular flexibility index (Phi) is 6.28. The van der Waals surface area contributed by atoms with Gasteiger partial charge in [-0.3, -0.25) is 19.8 Å². The Morgan fingerprint density at radius 2 is 1.71 bits per heavy atom. The third-order valence-corrected chi connectivity index (χ3v) is 5.19. The van der Waals surface area contributed by atoms with E-state index >= 15 is 0 Å². The van der Waals surface area contributed by atoms with Crippen LogP contribution in [0.25, 0.3) is 0 Å². The standard InChI is InChI=1S/C23H23N3O5/c27-23(21-9-10-22(31-21)26(28)29)25-13-11-24(12-14-25)16-19-7-4-8-20(15-19)30-17-18-5-2-1-3-6-18/h1-10,15H,11-14,16-17H2. The van der Waals surface area contributed by atoms with Crippen molar-refractivity contribution in [2.45, 2.75) is 13.2 Å². The number of benzene rings is 2. The number of furan rings is 1. The largest absolute Gasteiger partial charge is 0.489 e. The van der Waals surface area contributed by atoms with Crippen molar-refractivity contribution in [3.05, 3.63) is 93.7 Å². The van der Waals surface area contributed by atoms with E-state index in [0.29, 0.717) is 32.8 Å². The number of ether oxygens (including phenoxy) is 1. The van der Waals surface area contributed by atoms with Gasteiger partial charge in [-0.1, -0.05) is 42.5 Å². The van der Waals surface area contributed by atoms with Gasteiger partial charge >= 0.3 is 5.88 Å². The zero-order valence-corrected chi connectivity index (χ0v) is 17.0. The maximum atomic E-state index is 12.5. The molecule has 1 saturated heterocycles. The molecular weight excluding hydrogens is 398 g/mol. The quantitative estimate of drug-likeness (QED) is 0.427. The Balaban J connectivity index is 1.28. The topological polar surface area (TPSA) is 89.1 Å². The second-order valence-electron chi connectivity index (χ2n) is 7.39. The van der Waals surface area contributed by atoms with Crippen LogP contribution in [0.2, 0.25) is 0 Å². The van der Waals surface area contributed by atoms with Crippen molar-refractivity contribution >= 4 is 11.8 Å². The van der Waals surface area contributed by atoms with Gasteiger partial charge in [-0.25, -0.2) is 0 Å². The Morgan fingerprint density at radius 1 is 0.968 bits per heavy atom. The SMILES string of the molecule is O=C(c1ccc([N+](=O)[O-])o1)N1CCN(Cc2cccc(OCc3ccccc3)c2)CC1. The fourth-order valence-corrected chi connectivity index (χ4v) is 3.54. The summed E-state index contributed by atoms with van der Waals surface area (Å²) in [5.74, 6) is 0.0957. The molecule has 1 aliphatic heterocycles. The van der Waals surface area contributed by atoms with Crippen LogP contribution in [0.3, 0.4) is 0 Å². The Hall–Kier alpha value is -3.65. The molecule has 0 N–H and O–H groups in total. The van der Waals surface area contributed by atoms with E-state index in [4.69, 9.17) is 9.15 Å². The summed E-state index contributed by atoms with van der Waals surface area (Å²) >= 11 is 0. The Bertz CT molecular complexity index is 1040. The summed E-state index contributed by atoms with van der Waals surface area (Å²) in [4.78, 5) is 26.5. The predicted octanol–water partition coefficient (Wildman–Crippen LogP) is 3.72. The summed E-state index contributed by atoms with van der Waals surface area (Å²) in [6.45, 7) is 3.79. The van der Waals surface area contributed by atoms with Crippen molar-refractivity contribution < 1.29 is 18.9 Å². The predicted molar refractivity (Wildman–Crippen MR) is 114 cm³/mol. The first-order chi connectivity index (χ1) is 15.1. The zero-order valence-electron chi connectivity index (χ0n) is 17.0. The number of hydrogen-bond acceptors (Lipinski definition) is 6. The number of hydrogen-bond donors (Lipinski definition) is 0. The molecular formula is C23H23N3O5. The highest BCUT2D eigenvalue weighted by atomic mass is 16.6. The van der Waals surface area contributed by atoms with Gasteiger partial charge in [0.1, 0.15) is 17.3 Å². The number of piperazine rings is 1. The van der Waals surface area contributed by atoms with Crippen LogP contribution in [0.15, 0.2) is 71.1 Å². The van der Waals surface area contributed by atoms with Gasteiger partial charge in [0.05, 0.1) is 6.07 Å². The second-order valence-corrected chi connectivity index (χ2v) is 7.39. The molecule has 0 spiro atoms. The smallest absolute Gasteiger partial charge is 0.433 e. The number of carbonyl (C=O) groups is 1. The fraction of sp³-hybridized carbons (Fsp3) is 0.261. The third kappa shape index (κ3) is 5.29. The molecule has 1 aromatic heterocycles. The maximum Gasteiger partial charge on any atom is 0.433 e. The minimum absolute atomic E-state index is 0.00316. The maximum absolute atomic E-state index is 12.5. The van der Waals surface area contributed by atoms with Gasteiger partial charge in [-0.05, 0) is 29.3 Å². The normalized spacial score (nSPS) is 14.4. The molecule has 8 nitrogen and oxygen atoms in total. The summed E-state index contributed by atoms with van der Waals surface area (Å²) in [5, 5.41) is 10.7. The van der Waals surface area contributed by atoms with Crippen LogP contribution in [-0.4, -0.2) is 46.8 Å². The van der Waals surface area contributed by atoms with Crippen molar-refractivity contribution in [1.29, 1.82) is 0 Å².